The molecule has 2 aromatic carbocycles. The van der Waals surface area contributed by atoms with E-state index in [0.717, 1.165) is 18.2 Å². The molecule has 0 unspecified atom stereocenters. The average molecular weight is 452 g/mol. The highest BCUT2D eigenvalue weighted by Gasteiger charge is 2.41. The van der Waals surface area contributed by atoms with Crippen molar-refractivity contribution in [3.63, 3.8) is 0 Å². The topological polar surface area (TPSA) is 49.8 Å². The smallest absolute Gasteiger partial charge is 0.338 e. The van der Waals surface area contributed by atoms with Crippen molar-refractivity contribution in [2.24, 2.45) is 0 Å². The molecule has 1 saturated heterocycles. The summed E-state index contributed by atoms with van der Waals surface area (Å²) < 4.78 is 61.0. The quantitative estimate of drug-likeness (QED) is 0.630. The molecule has 4 nitrogen and oxygen atoms in total. The molecule has 1 aliphatic rings. The van der Waals surface area contributed by atoms with Crippen molar-refractivity contribution < 1.29 is 32.2 Å². The van der Waals surface area contributed by atoms with Crippen LogP contribution in [0.25, 0.3) is 0 Å². The van der Waals surface area contributed by atoms with Crippen molar-refractivity contribution in [1.29, 1.82) is 0 Å². The molecule has 156 valence electrons. The Morgan fingerprint density at radius 3 is 2.59 bits per heavy atom. The zero-order valence-electron chi connectivity index (χ0n) is 14.8. The van der Waals surface area contributed by atoms with Crippen LogP contribution in [0.2, 0.25) is 10.0 Å². The van der Waals surface area contributed by atoms with Crippen molar-refractivity contribution in [3.8, 4) is 5.75 Å². The van der Waals surface area contributed by atoms with Gasteiger partial charge in [0.05, 0.1) is 23.6 Å². The number of alkyl halides is 2. The molecular formula is C19H15Cl2F4NO3. The number of carboxylic acids is 1. The van der Waals surface area contributed by atoms with Crippen LogP contribution in [0.15, 0.2) is 30.3 Å². The van der Waals surface area contributed by atoms with Gasteiger partial charge in [-0.15, -0.1) is 0 Å². The molecule has 0 amide bonds. The number of hydrogen-bond acceptors (Lipinski definition) is 3. The number of benzene rings is 2. The third-order valence-corrected chi connectivity index (χ3v) is 5.04. The van der Waals surface area contributed by atoms with Gasteiger partial charge in [-0.25, -0.2) is 22.4 Å². The van der Waals surface area contributed by atoms with E-state index >= 15 is 0 Å². The molecular weight excluding hydrogens is 437 g/mol. The maximum atomic E-state index is 14.2. The first-order valence-corrected chi connectivity index (χ1v) is 9.23. The molecule has 2 aromatic rings. The number of carboxylic acid groups (broad SMARTS) is 1. The lowest BCUT2D eigenvalue weighted by Gasteiger charge is -2.37. The second-order valence-electron chi connectivity index (χ2n) is 6.77. The summed E-state index contributed by atoms with van der Waals surface area (Å²) in [7, 11) is 0. The van der Waals surface area contributed by atoms with Crippen LogP contribution in [-0.4, -0.2) is 41.1 Å². The van der Waals surface area contributed by atoms with Gasteiger partial charge in [-0.3, -0.25) is 4.90 Å². The number of nitrogens with zero attached hydrogens (tertiary/aromatic N) is 1. The Kier molecular flexibility index (Phi) is 6.26. The van der Waals surface area contributed by atoms with E-state index in [1.54, 1.807) is 0 Å². The number of likely N-dealkylation sites (tertiary alicyclic amines) is 1. The molecule has 1 fully saturated rings. The maximum Gasteiger partial charge on any atom is 0.338 e. The molecule has 0 saturated carbocycles. The fraction of sp³-hybridized carbons (Fsp3) is 0.316. The van der Waals surface area contributed by atoms with Gasteiger partial charge in [0.15, 0.2) is 0 Å². The minimum Gasteiger partial charge on any atom is -0.487 e. The van der Waals surface area contributed by atoms with Crippen LogP contribution in [0.1, 0.15) is 22.3 Å². The van der Waals surface area contributed by atoms with E-state index in [4.69, 9.17) is 33.0 Å². The summed E-state index contributed by atoms with van der Waals surface area (Å²) in [6.45, 7) is -0.461. The van der Waals surface area contributed by atoms with Gasteiger partial charge in [0.2, 0.25) is 0 Å². The molecule has 0 aliphatic carbocycles. The second kappa shape index (κ2) is 8.38. The van der Waals surface area contributed by atoms with Crippen LogP contribution >= 0.6 is 23.2 Å². The first kappa shape index (κ1) is 21.7. The van der Waals surface area contributed by atoms with E-state index in [1.807, 2.05) is 0 Å². The van der Waals surface area contributed by atoms with E-state index in [0.29, 0.717) is 5.56 Å². The molecule has 0 aromatic heterocycles. The summed E-state index contributed by atoms with van der Waals surface area (Å²) in [4.78, 5) is 12.3. The van der Waals surface area contributed by atoms with Gasteiger partial charge in [0.1, 0.15) is 23.5 Å². The van der Waals surface area contributed by atoms with Gasteiger partial charge in [0.25, 0.3) is 5.92 Å². The molecule has 0 spiro atoms. The van der Waals surface area contributed by atoms with Crippen molar-refractivity contribution >= 4 is 29.2 Å². The number of carbonyl (C=O) groups is 1. The van der Waals surface area contributed by atoms with Crippen LogP contribution in [0.3, 0.4) is 0 Å². The summed E-state index contributed by atoms with van der Waals surface area (Å²) in [6, 6.07) is 5.33. The third-order valence-electron chi connectivity index (χ3n) is 4.40. The van der Waals surface area contributed by atoms with Crippen molar-refractivity contribution in [2.45, 2.75) is 25.0 Å². The van der Waals surface area contributed by atoms with E-state index in [2.05, 4.69) is 0 Å². The SMILES string of the molecule is O=C(O)c1cc(Cl)c(O[C@H]2CN(Cc3ccc(F)cc3Cl)CC(F)(F)C2)cc1F. The Balaban J connectivity index is 1.78. The van der Waals surface area contributed by atoms with E-state index in [9.17, 15) is 22.4 Å². The molecule has 1 heterocycles. The molecule has 29 heavy (non-hydrogen) atoms. The van der Waals surface area contributed by atoms with E-state index in [-0.39, 0.29) is 28.9 Å². The Morgan fingerprint density at radius 1 is 1.21 bits per heavy atom. The summed E-state index contributed by atoms with van der Waals surface area (Å²) in [5.41, 5.74) is -0.177. The highest BCUT2D eigenvalue weighted by atomic mass is 35.5. The zero-order valence-corrected chi connectivity index (χ0v) is 16.3. The summed E-state index contributed by atoms with van der Waals surface area (Å²) in [5, 5.41) is 8.82. The number of ether oxygens (including phenoxy) is 1. The third kappa shape index (κ3) is 5.32. The Morgan fingerprint density at radius 2 is 1.93 bits per heavy atom. The van der Waals surface area contributed by atoms with Gasteiger partial charge in [-0.2, -0.15) is 0 Å². The lowest BCUT2D eigenvalue weighted by atomic mass is 10.0. The van der Waals surface area contributed by atoms with E-state index < -0.39 is 48.2 Å². The molecule has 1 N–H and O–H groups in total. The fourth-order valence-electron chi connectivity index (χ4n) is 3.19. The summed E-state index contributed by atoms with van der Waals surface area (Å²) in [6.07, 6.45) is -1.66. The Hall–Kier alpha value is -2.03. The zero-order chi connectivity index (χ0) is 21.3. The fourth-order valence-corrected chi connectivity index (χ4v) is 3.63. The minimum atomic E-state index is -3.10. The maximum absolute atomic E-state index is 14.2. The van der Waals surface area contributed by atoms with Crippen LogP contribution in [0, 0.1) is 11.6 Å². The van der Waals surface area contributed by atoms with Gasteiger partial charge >= 0.3 is 5.97 Å². The lowest BCUT2D eigenvalue weighted by Crippen LogP contribution is -2.50. The minimum absolute atomic E-state index is 0.0363. The predicted molar refractivity (Wildman–Crippen MR) is 99.0 cm³/mol. The number of rotatable bonds is 5. The lowest BCUT2D eigenvalue weighted by molar-refractivity contribution is -0.103. The largest absolute Gasteiger partial charge is 0.487 e. The Bertz CT molecular complexity index is 942. The van der Waals surface area contributed by atoms with Crippen molar-refractivity contribution in [3.05, 3.63) is 63.1 Å². The number of hydrogen-bond donors (Lipinski definition) is 1. The number of piperidine rings is 1. The highest BCUT2D eigenvalue weighted by molar-refractivity contribution is 6.32. The van der Waals surface area contributed by atoms with Crippen LogP contribution in [-0.2, 0) is 6.54 Å². The molecule has 1 aliphatic heterocycles. The summed E-state index contributed by atoms with van der Waals surface area (Å²) >= 11 is 11.9. The number of halogens is 6. The number of aromatic carboxylic acids is 1. The van der Waals surface area contributed by atoms with Gasteiger partial charge in [-0.05, 0) is 23.8 Å². The second-order valence-corrected chi connectivity index (χ2v) is 7.59. The van der Waals surface area contributed by atoms with Crippen LogP contribution in [0.4, 0.5) is 17.6 Å². The standard InChI is InChI=1S/C19H15Cl2F4NO3/c20-14-3-11(22)2-1-10(14)7-26-8-12(6-19(24,25)9-26)29-17-5-16(23)13(18(27)28)4-15(17)21/h1-5,12H,6-9H2,(H,27,28)/t12-/m1/s1. The normalized spacial score (nSPS) is 19.2. The van der Waals surface area contributed by atoms with Gasteiger partial charge < -0.3 is 9.84 Å². The average Bonchev–Trinajstić information content (AvgIpc) is 2.58. The van der Waals surface area contributed by atoms with Crippen LogP contribution < -0.4 is 4.74 Å². The molecule has 0 bridgehead atoms. The molecule has 0 radical (unpaired) electrons. The van der Waals surface area contributed by atoms with Gasteiger partial charge in [-0.1, -0.05) is 29.3 Å². The summed E-state index contributed by atoms with van der Waals surface area (Å²) in [5.74, 6) is -6.46. The Labute approximate surface area is 173 Å². The first-order valence-electron chi connectivity index (χ1n) is 8.47. The van der Waals surface area contributed by atoms with Gasteiger partial charge in [0, 0.05) is 24.2 Å². The molecule has 3 rings (SSSR count). The molecule has 1 atom stereocenters. The van der Waals surface area contributed by atoms with Crippen molar-refractivity contribution in [2.75, 3.05) is 13.1 Å². The predicted octanol–water partition coefficient (Wildman–Crippen LogP) is 5.26. The molecule has 10 heteroatoms. The first-order chi connectivity index (χ1) is 13.5. The van der Waals surface area contributed by atoms with E-state index in [1.165, 1.54) is 17.0 Å². The monoisotopic (exact) mass is 451 g/mol. The van der Waals surface area contributed by atoms with Crippen molar-refractivity contribution in [1.82, 2.24) is 4.90 Å². The highest BCUT2D eigenvalue weighted by Crippen LogP contribution is 2.34. The van der Waals surface area contributed by atoms with Crippen LogP contribution in [0.5, 0.6) is 5.75 Å².